The molecule has 0 radical (unpaired) electrons. The Morgan fingerprint density at radius 3 is 2.34 bits per heavy atom. The highest BCUT2D eigenvalue weighted by molar-refractivity contribution is 9.10. The maximum absolute atomic E-state index is 13.7. The van der Waals surface area contributed by atoms with Crippen LogP contribution in [0.15, 0.2) is 80.8 Å². The number of hydrogen-bond acceptors (Lipinski definition) is 5. The number of benzene rings is 3. The molecule has 10 heteroatoms. The molecule has 0 saturated heterocycles. The van der Waals surface area contributed by atoms with Crippen LogP contribution in [-0.4, -0.2) is 24.0 Å². The van der Waals surface area contributed by atoms with Crippen LogP contribution in [0.25, 0.3) is 0 Å². The third kappa shape index (κ3) is 6.32. The fourth-order valence-corrected chi connectivity index (χ4v) is 3.18. The fraction of sp³-hybridized carbons (Fsp3) is 0. The van der Waals surface area contributed by atoms with Gasteiger partial charge in [-0.05, 0) is 76.1 Å². The maximum atomic E-state index is 13.7. The van der Waals surface area contributed by atoms with Crippen LogP contribution in [0.3, 0.4) is 0 Å². The number of nitrogens with one attached hydrogen (secondary N) is 2. The molecule has 0 aliphatic heterocycles. The Balaban J connectivity index is 1.53. The zero-order chi connectivity index (χ0) is 23.1. The van der Waals surface area contributed by atoms with Crippen LogP contribution < -0.4 is 15.5 Å². The molecule has 0 bridgehead atoms. The van der Waals surface area contributed by atoms with Crippen LogP contribution in [0.1, 0.15) is 15.9 Å². The van der Waals surface area contributed by atoms with Gasteiger partial charge in [-0.15, -0.1) is 0 Å². The number of anilines is 1. The number of hydrogen-bond donors (Lipinski definition) is 2. The lowest BCUT2D eigenvalue weighted by molar-refractivity contribution is -0.136. The van der Waals surface area contributed by atoms with Crippen LogP contribution in [0, 0.1) is 5.82 Å². The second kappa shape index (κ2) is 10.8. The predicted molar refractivity (Wildman–Crippen MR) is 124 cm³/mol. The Morgan fingerprint density at radius 2 is 1.66 bits per heavy atom. The molecule has 0 aliphatic rings. The highest BCUT2D eigenvalue weighted by Crippen LogP contribution is 2.20. The summed E-state index contributed by atoms with van der Waals surface area (Å²) >= 11 is 6.39. The van der Waals surface area contributed by atoms with Crippen molar-refractivity contribution in [1.82, 2.24) is 5.43 Å². The lowest BCUT2D eigenvalue weighted by atomic mass is 10.2. The fourth-order valence-electron chi connectivity index (χ4n) is 2.40. The maximum Gasteiger partial charge on any atom is 0.344 e. The van der Waals surface area contributed by atoms with E-state index in [0.29, 0.717) is 25.8 Å². The average molecular weight is 563 g/mol. The summed E-state index contributed by atoms with van der Waals surface area (Å²) in [6, 6.07) is 17.2. The van der Waals surface area contributed by atoms with E-state index < -0.39 is 23.6 Å². The Labute approximate surface area is 198 Å². The number of ether oxygens (including phenoxy) is 1. The van der Waals surface area contributed by atoms with Gasteiger partial charge in [0.15, 0.2) is 0 Å². The van der Waals surface area contributed by atoms with Gasteiger partial charge in [0, 0.05) is 8.95 Å². The quantitative estimate of drug-likeness (QED) is 0.155. The van der Waals surface area contributed by atoms with Crippen molar-refractivity contribution in [2.24, 2.45) is 5.10 Å². The zero-order valence-corrected chi connectivity index (χ0v) is 19.3. The molecule has 0 spiro atoms. The first-order valence-corrected chi connectivity index (χ1v) is 10.6. The van der Waals surface area contributed by atoms with Gasteiger partial charge in [-0.1, -0.05) is 28.1 Å². The Kier molecular flexibility index (Phi) is 7.85. The summed E-state index contributed by atoms with van der Waals surface area (Å²) < 4.78 is 20.2. The third-order valence-electron chi connectivity index (χ3n) is 3.95. The Hall–Kier alpha value is -3.37. The molecule has 3 aromatic rings. The minimum atomic E-state index is -1.07. The summed E-state index contributed by atoms with van der Waals surface area (Å²) in [6.45, 7) is 0. The van der Waals surface area contributed by atoms with Gasteiger partial charge in [-0.25, -0.2) is 14.6 Å². The number of hydrazone groups is 1. The first-order chi connectivity index (χ1) is 15.3. The molecule has 0 fully saturated rings. The van der Waals surface area contributed by atoms with Gasteiger partial charge >= 0.3 is 17.8 Å². The normalized spacial score (nSPS) is 10.6. The summed E-state index contributed by atoms with van der Waals surface area (Å²) in [6.07, 6.45) is 1.30. The highest BCUT2D eigenvalue weighted by Gasteiger charge is 2.15. The third-order valence-corrected chi connectivity index (χ3v) is 5.13. The van der Waals surface area contributed by atoms with E-state index >= 15 is 0 Å². The van der Waals surface area contributed by atoms with Crippen molar-refractivity contribution in [2.75, 3.05) is 5.32 Å². The topological polar surface area (TPSA) is 96.9 Å². The molecule has 3 rings (SSSR count). The number of nitrogens with zero attached hydrogens (tertiary/aromatic N) is 1. The zero-order valence-electron chi connectivity index (χ0n) is 16.1. The number of amides is 2. The van der Waals surface area contributed by atoms with E-state index in [1.54, 1.807) is 48.5 Å². The van der Waals surface area contributed by atoms with Crippen molar-refractivity contribution < 1.29 is 23.5 Å². The van der Waals surface area contributed by atoms with Crippen molar-refractivity contribution >= 4 is 61.5 Å². The molecule has 0 heterocycles. The molecule has 3 aromatic carbocycles. The van der Waals surface area contributed by atoms with E-state index in [0.717, 1.165) is 6.07 Å². The largest absolute Gasteiger partial charge is 0.423 e. The van der Waals surface area contributed by atoms with Crippen LogP contribution in [0.2, 0.25) is 0 Å². The van der Waals surface area contributed by atoms with E-state index in [1.165, 1.54) is 18.3 Å². The minimum Gasteiger partial charge on any atom is -0.423 e. The Bertz CT molecular complexity index is 1200. The van der Waals surface area contributed by atoms with Crippen LogP contribution in [0.4, 0.5) is 10.1 Å². The number of halogens is 3. The molecular weight excluding hydrogens is 549 g/mol. The minimum absolute atomic E-state index is 0.134. The van der Waals surface area contributed by atoms with Gasteiger partial charge < -0.3 is 10.1 Å². The van der Waals surface area contributed by atoms with Gasteiger partial charge in [0.25, 0.3) is 0 Å². The predicted octanol–water partition coefficient (Wildman–Crippen LogP) is 4.66. The van der Waals surface area contributed by atoms with Gasteiger partial charge in [0.2, 0.25) is 0 Å². The van der Waals surface area contributed by atoms with E-state index in [4.69, 9.17) is 4.74 Å². The van der Waals surface area contributed by atoms with E-state index in [-0.39, 0.29) is 5.69 Å². The highest BCUT2D eigenvalue weighted by atomic mass is 79.9. The van der Waals surface area contributed by atoms with Gasteiger partial charge in [0.1, 0.15) is 11.6 Å². The molecule has 7 nitrogen and oxygen atoms in total. The monoisotopic (exact) mass is 561 g/mol. The number of rotatable bonds is 5. The van der Waals surface area contributed by atoms with E-state index in [9.17, 15) is 18.8 Å². The van der Waals surface area contributed by atoms with E-state index in [1.807, 2.05) is 0 Å². The second-order valence-electron chi connectivity index (χ2n) is 6.22. The smallest absolute Gasteiger partial charge is 0.344 e. The number of carbonyl (C=O) groups is 3. The van der Waals surface area contributed by atoms with Crippen molar-refractivity contribution in [3.8, 4) is 5.75 Å². The second-order valence-corrected chi connectivity index (χ2v) is 7.99. The summed E-state index contributed by atoms with van der Waals surface area (Å²) in [5.74, 6) is -3.02. The first kappa shape index (κ1) is 23.3. The molecule has 0 atom stereocenters. The van der Waals surface area contributed by atoms with Crippen molar-refractivity contribution in [2.45, 2.75) is 0 Å². The lowest BCUT2D eigenvalue weighted by Gasteiger charge is -2.06. The van der Waals surface area contributed by atoms with Gasteiger partial charge in [-0.3, -0.25) is 9.59 Å². The van der Waals surface area contributed by atoms with E-state index in [2.05, 4.69) is 47.7 Å². The molecule has 0 aliphatic carbocycles. The summed E-state index contributed by atoms with van der Waals surface area (Å²) in [5, 5.41) is 5.85. The number of esters is 1. The van der Waals surface area contributed by atoms with Gasteiger partial charge in [0.05, 0.1) is 17.5 Å². The Morgan fingerprint density at radius 1 is 0.938 bits per heavy atom. The van der Waals surface area contributed by atoms with Crippen molar-refractivity contribution in [3.05, 3.63) is 92.6 Å². The first-order valence-electron chi connectivity index (χ1n) is 8.99. The molecule has 0 aromatic heterocycles. The van der Waals surface area contributed by atoms with Crippen molar-refractivity contribution in [1.29, 1.82) is 0 Å². The molecule has 0 unspecified atom stereocenters. The molecule has 0 saturated carbocycles. The van der Waals surface area contributed by atoms with Crippen LogP contribution in [-0.2, 0) is 9.59 Å². The molecule has 2 amide bonds. The average Bonchev–Trinajstić information content (AvgIpc) is 2.77. The van der Waals surface area contributed by atoms with Crippen LogP contribution >= 0.6 is 31.9 Å². The number of carbonyl (C=O) groups excluding carboxylic acids is 3. The van der Waals surface area contributed by atoms with Gasteiger partial charge in [-0.2, -0.15) is 5.10 Å². The molecule has 2 N–H and O–H groups in total. The summed E-state index contributed by atoms with van der Waals surface area (Å²) in [5.41, 5.74) is 2.88. The summed E-state index contributed by atoms with van der Waals surface area (Å²) in [7, 11) is 0. The molecular formula is C22H14Br2FN3O4. The summed E-state index contributed by atoms with van der Waals surface area (Å²) in [4.78, 5) is 35.9. The van der Waals surface area contributed by atoms with Crippen molar-refractivity contribution in [3.63, 3.8) is 0 Å². The lowest BCUT2D eigenvalue weighted by Crippen LogP contribution is -2.32. The molecule has 32 heavy (non-hydrogen) atoms. The van der Waals surface area contributed by atoms with Crippen LogP contribution in [0.5, 0.6) is 5.75 Å². The molecule has 162 valence electrons. The standard InChI is InChI=1S/C22H14Br2FN3O4/c23-14-7-10-19(18(25)11-14)27-20(29)21(30)28-26-12-13-5-8-15(9-6-13)32-22(31)16-3-1-2-4-17(16)24/h1-12H,(H,27,29)(H,28,30). The SMILES string of the molecule is O=C(NN=Cc1ccc(OC(=O)c2ccccc2Br)cc1)C(=O)Nc1ccc(Br)cc1F.